The molecule has 0 radical (unpaired) electrons. The van der Waals surface area contributed by atoms with Crippen molar-refractivity contribution in [2.24, 2.45) is 0 Å². The van der Waals surface area contributed by atoms with E-state index in [4.69, 9.17) is 8.83 Å². The van der Waals surface area contributed by atoms with Crippen molar-refractivity contribution in [3.05, 3.63) is 59.0 Å². The van der Waals surface area contributed by atoms with Gasteiger partial charge < -0.3 is 13.9 Å². The van der Waals surface area contributed by atoms with Crippen LogP contribution >= 0.6 is 0 Å². The molecule has 2 aromatic heterocycles. The van der Waals surface area contributed by atoms with Crippen LogP contribution in [0.5, 0.6) is 5.75 Å². The second kappa shape index (κ2) is 4.21. The van der Waals surface area contributed by atoms with Crippen LogP contribution in [0.15, 0.2) is 62.2 Å². The zero-order valence-corrected chi connectivity index (χ0v) is 10.7. The number of oxazole rings is 1. The molecule has 4 aromatic rings. The molecule has 4 rings (SSSR count). The molecule has 2 aromatic carbocycles. The third-order valence-corrected chi connectivity index (χ3v) is 3.24. The fraction of sp³-hybridized carbons (Fsp3) is 0. The van der Waals surface area contributed by atoms with E-state index in [2.05, 4.69) is 4.98 Å². The maximum absolute atomic E-state index is 12.1. The van der Waals surface area contributed by atoms with Crippen LogP contribution < -0.4 is 5.63 Å². The standard InChI is InChI=1S/C16H9NO4/c18-10-5-6-13-9(7-10)8-11(16(19)21-13)15-17-12-3-1-2-4-14(12)20-15/h1-8,18H. The summed E-state index contributed by atoms with van der Waals surface area (Å²) in [5.41, 5.74) is 1.37. The predicted molar refractivity (Wildman–Crippen MR) is 77.2 cm³/mol. The molecule has 1 N–H and O–H groups in total. The molecule has 0 saturated heterocycles. The Labute approximate surface area is 118 Å². The maximum Gasteiger partial charge on any atom is 0.349 e. The lowest BCUT2D eigenvalue weighted by atomic mass is 10.2. The van der Waals surface area contributed by atoms with E-state index in [0.717, 1.165) is 0 Å². The number of aromatic nitrogens is 1. The highest BCUT2D eigenvalue weighted by Crippen LogP contribution is 2.26. The number of phenolic OH excluding ortho intramolecular Hbond substituents is 1. The number of phenols is 1. The molecule has 0 aliphatic carbocycles. The molecular formula is C16H9NO4. The van der Waals surface area contributed by atoms with Crippen LogP contribution in [0.1, 0.15) is 0 Å². The van der Waals surface area contributed by atoms with Crippen LogP contribution in [0.3, 0.4) is 0 Å². The third-order valence-electron chi connectivity index (χ3n) is 3.24. The maximum atomic E-state index is 12.1. The summed E-state index contributed by atoms with van der Waals surface area (Å²) in [6, 6.07) is 13.4. The number of para-hydroxylation sites is 2. The third kappa shape index (κ3) is 1.87. The highest BCUT2D eigenvalue weighted by atomic mass is 16.4. The largest absolute Gasteiger partial charge is 0.508 e. The number of benzene rings is 2. The molecule has 0 bridgehead atoms. The Morgan fingerprint density at radius 3 is 2.67 bits per heavy atom. The summed E-state index contributed by atoms with van der Waals surface area (Å²) < 4.78 is 10.8. The van der Waals surface area contributed by atoms with Gasteiger partial charge in [-0.1, -0.05) is 12.1 Å². The summed E-state index contributed by atoms with van der Waals surface area (Å²) in [5.74, 6) is 0.301. The quantitative estimate of drug-likeness (QED) is 0.541. The second-order valence-electron chi connectivity index (χ2n) is 4.66. The molecule has 5 nitrogen and oxygen atoms in total. The van der Waals surface area contributed by atoms with Gasteiger partial charge in [-0.3, -0.25) is 0 Å². The Morgan fingerprint density at radius 1 is 0.952 bits per heavy atom. The molecule has 0 aliphatic heterocycles. The van der Waals surface area contributed by atoms with Crippen molar-refractivity contribution in [1.29, 1.82) is 0 Å². The second-order valence-corrected chi connectivity index (χ2v) is 4.66. The molecule has 21 heavy (non-hydrogen) atoms. The average Bonchev–Trinajstić information content (AvgIpc) is 2.90. The summed E-state index contributed by atoms with van der Waals surface area (Å²) in [6.07, 6.45) is 0. The van der Waals surface area contributed by atoms with Gasteiger partial charge in [0.2, 0.25) is 5.89 Å². The first-order valence-corrected chi connectivity index (χ1v) is 6.33. The molecule has 0 fully saturated rings. The smallest absolute Gasteiger partial charge is 0.349 e. The molecular weight excluding hydrogens is 270 g/mol. The van der Waals surface area contributed by atoms with Gasteiger partial charge in [-0.05, 0) is 36.4 Å². The number of hydrogen-bond donors (Lipinski definition) is 1. The highest BCUT2D eigenvalue weighted by molar-refractivity contribution is 5.83. The Bertz CT molecular complexity index is 996. The minimum atomic E-state index is -0.528. The van der Waals surface area contributed by atoms with Crippen molar-refractivity contribution in [2.75, 3.05) is 0 Å². The Hall–Kier alpha value is -3.08. The van der Waals surface area contributed by atoms with E-state index in [9.17, 15) is 9.90 Å². The van der Waals surface area contributed by atoms with Crippen molar-refractivity contribution in [3.63, 3.8) is 0 Å². The number of aromatic hydroxyl groups is 1. The topological polar surface area (TPSA) is 76.5 Å². The zero-order chi connectivity index (χ0) is 14.4. The highest BCUT2D eigenvalue weighted by Gasteiger charge is 2.14. The number of nitrogens with zero attached hydrogens (tertiary/aromatic N) is 1. The van der Waals surface area contributed by atoms with Crippen molar-refractivity contribution in [1.82, 2.24) is 4.98 Å². The Balaban J connectivity index is 2.00. The summed E-state index contributed by atoms with van der Waals surface area (Å²) in [5, 5.41) is 10.1. The van der Waals surface area contributed by atoms with E-state index in [1.807, 2.05) is 12.1 Å². The average molecular weight is 279 g/mol. The predicted octanol–water partition coefficient (Wildman–Crippen LogP) is 3.31. The Kier molecular flexibility index (Phi) is 2.35. The lowest BCUT2D eigenvalue weighted by Crippen LogP contribution is -2.02. The van der Waals surface area contributed by atoms with E-state index < -0.39 is 5.63 Å². The van der Waals surface area contributed by atoms with Crippen molar-refractivity contribution < 1.29 is 13.9 Å². The lowest BCUT2D eigenvalue weighted by molar-refractivity contribution is 0.475. The Morgan fingerprint density at radius 2 is 1.81 bits per heavy atom. The van der Waals surface area contributed by atoms with Crippen molar-refractivity contribution in [3.8, 4) is 17.2 Å². The molecule has 0 aliphatic rings. The summed E-state index contributed by atoms with van der Waals surface area (Å²) in [7, 11) is 0. The van der Waals surface area contributed by atoms with Crippen LogP contribution in [0.2, 0.25) is 0 Å². The van der Waals surface area contributed by atoms with Gasteiger partial charge in [-0.2, -0.15) is 0 Å². The molecule has 5 heteroatoms. The molecule has 0 spiro atoms. The van der Waals surface area contributed by atoms with Crippen LogP contribution in [0.4, 0.5) is 0 Å². The van der Waals surface area contributed by atoms with E-state index in [-0.39, 0.29) is 17.2 Å². The van der Waals surface area contributed by atoms with Gasteiger partial charge in [0, 0.05) is 5.39 Å². The number of fused-ring (bicyclic) bond motifs is 2. The van der Waals surface area contributed by atoms with Crippen LogP contribution in [-0.4, -0.2) is 10.1 Å². The van der Waals surface area contributed by atoms with E-state index in [1.54, 1.807) is 24.3 Å². The normalized spacial score (nSPS) is 11.2. The molecule has 102 valence electrons. The van der Waals surface area contributed by atoms with E-state index >= 15 is 0 Å². The van der Waals surface area contributed by atoms with Crippen molar-refractivity contribution >= 4 is 22.1 Å². The van der Waals surface area contributed by atoms with Gasteiger partial charge in [0.1, 0.15) is 22.4 Å². The first-order chi connectivity index (χ1) is 10.2. The molecule has 0 unspecified atom stereocenters. The summed E-state index contributed by atoms with van der Waals surface area (Å²) in [6.45, 7) is 0. The fourth-order valence-corrected chi connectivity index (χ4v) is 2.25. The summed E-state index contributed by atoms with van der Waals surface area (Å²) in [4.78, 5) is 16.4. The van der Waals surface area contributed by atoms with Gasteiger partial charge >= 0.3 is 5.63 Å². The van der Waals surface area contributed by atoms with Crippen molar-refractivity contribution in [2.45, 2.75) is 0 Å². The van der Waals surface area contributed by atoms with Crippen LogP contribution in [0.25, 0.3) is 33.5 Å². The van der Waals surface area contributed by atoms with E-state index in [0.29, 0.717) is 22.1 Å². The molecule has 0 atom stereocenters. The number of rotatable bonds is 1. The lowest BCUT2D eigenvalue weighted by Gasteiger charge is -1.99. The van der Waals surface area contributed by atoms with Gasteiger partial charge in [-0.25, -0.2) is 9.78 Å². The molecule has 0 amide bonds. The summed E-state index contributed by atoms with van der Waals surface area (Å²) >= 11 is 0. The number of hydrogen-bond acceptors (Lipinski definition) is 5. The SMILES string of the molecule is O=c1oc2ccc(O)cc2cc1-c1nc2ccccc2o1. The zero-order valence-electron chi connectivity index (χ0n) is 10.7. The first-order valence-electron chi connectivity index (χ1n) is 6.33. The van der Waals surface area contributed by atoms with Gasteiger partial charge in [0.15, 0.2) is 5.58 Å². The van der Waals surface area contributed by atoms with Crippen LogP contribution in [0, 0.1) is 0 Å². The molecule has 0 saturated carbocycles. The monoisotopic (exact) mass is 279 g/mol. The molecule has 2 heterocycles. The van der Waals surface area contributed by atoms with Crippen LogP contribution in [-0.2, 0) is 0 Å². The van der Waals surface area contributed by atoms with Gasteiger partial charge in [0.25, 0.3) is 0 Å². The fourth-order valence-electron chi connectivity index (χ4n) is 2.25. The van der Waals surface area contributed by atoms with E-state index in [1.165, 1.54) is 12.1 Å². The van der Waals surface area contributed by atoms with Gasteiger partial charge in [-0.15, -0.1) is 0 Å². The minimum Gasteiger partial charge on any atom is -0.508 e. The van der Waals surface area contributed by atoms with Gasteiger partial charge in [0.05, 0.1) is 0 Å². The first kappa shape index (κ1) is 11.7. The minimum absolute atomic E-state index is 0.0971.